The summed E-state index contributed by atoms with van der Waals surface area (Å²) in [6.07, 6.45) is 2.02. The number of aromatic nitrogens is 2. The fraction of sp³-hybridized carbons (Fsp3) is 0.357. The molecule has 2 heterocycles. The third kappa shape index (κ3) is 2.79. The van der Waals surface area contributed by atoms with Gasteiger partial charge in [0.25, 0.3) is 10.0 Å². The van der Waals surface area contributed by atoms with E-state index in [2.05, 4.69) is 9.82 Å². The highest BCUT2D eigenvalue weighted by Gasteiger charge is 2.27. The zero-order valence-corrected chi connectivity index (χ0v) is 13.1. The maximum atomic E-state index is 12.3. The first-order chi connectivity index (χ1) is 10.5. The highest BCUT2D eigenvalue weighted by Crippen LogP contribution is 2.29. The second kappa shape index (κ2) is 5.62. The Morgan fingerprint density at radius 1 is 1.41 bits per heavy atom. The molecule has 0 saturated heterocycles. The van der Waals surface area contributed by atoms with E-state index >= 15 is 0 Å². The van der Waals surface area contributed by atoms with Crippen LogP contribution in [-0.2, 0) is 23.5 Å². The molecule has 1 aliphatic rings. The van der Waals surface area contributed by atoms with Crippen LogP contribution < -0.4 is 14.2 Å². The van der Waals surface area contributed by atoms with E-state index in [0.717, 1.165) is 11.3 Å². The van der Waals surface area contributed by atoms with Gasteiger partial charge in [0.1, 0.15) is 18.1 Å². The van der Waals surface area contributed by atoms with Crippen molar-refractivity contribution in [2.24, 2.45) is 7.05 Å². The largest absolute Gasteiger partial charge is 0.497 e. The van der Waals surface area contributed by atoms with E-state index < -0.39 is 10.0 Å². The number of hydrogen-bond acceptors (Lipinski definition) is 5. The Balaban J connectivity index is 1.77. The fourth-order valence-corrected chi connectivity index (χ4v) is 3.81. The Kier molecular flexibility index (Phi) is 3.79. The lowest BCUT2D eigenvalue weighted by Gasteiger charge is -2.26. The molecule has 2 aromatic rings. The fourth-order valence-electron chi connectivity index (χ4n) is 2.46. The number of aryl methyl sites for hydroxylation is 1. The summed E-state index contributed by atoms with van der Waals surface area (Å²) in [5.74, 6) is 1.45. The molecule has 0 radical (unpaired) electrons. The number of rotatable bonds is 4. The minimum absolute atomic E-state index is 0.132. The summed E-state index contributed by atoms with van der Waals surface area (Å²) in [5, 5.41) is 4.02. The van der Waals surface area contributed by atoms with Crippen molar-refractivity contribution >= 4 is 10.0 Å². The molecule has 0 unspecified atom stereocenters. The van der Waals surface area contributed by atoms with Gasteiger partial charge in [0.05, 0.1) is 19.3 Å². The van der Waals surface area contributed by atoms with Crippen molar-refractivity contribution in [1.29, 1.82) is 0 Å². The normalized spacial score (nSPS) is 17.6. The second-order valence-electron chi connectivity index (χ2n) is 5.10. The molecule has 1 N–H and O–H groups in total. The molecule has 22 heavy (non-hydrogen) atoms. The SMILES string of the molecule is COc1ccc2c(c1)OC[C@@H](NS(=O)(=O)c1ccnn1C)C2. The Hall–Kier alpha value is -2.06. The first kappa shape index (κ1) is 14.9. The topological polar surface area (TPSA) is 82.4 Å². The van der Waals surface area contributed by atoms with Gasteiger partial charge < -0.3 is 9.47 Å². The first-order valence-electron chi connectivity index (χ1n) is 6.79. The number of benzene rings is 1. The van der Waals surface area contributed by atoms with E-state index in [1.807, 2.05) is 12.1 Å². The monoisotopic (exact) mass is 323 g/mol. The summed E-state index contributed by atoms with van der Waals surface area (Å²) >= 11 is 0. The van der Waals surface area contributed by atoms with Crippen LogP contribution in [0.3, 0.4) is 0 Å². The van der Waals surface area contributed by atoms with E-state index in [4.69, 9.17) is 9.47 Å². The van der Waals surface area contributed by atoms with E-state index in [-0.39, 0.29) is 17.7 Å². The lowest BCUT2D eigenvalue weighted by atomic mass is 10.0. The smallest absolute Gasteiger partial charge is 0.258 e. The first-order valence-corrected chi connectivity index (χ1v) is 8.28. The molecule has 0 spiro atoms. The van der Waals surface area contributed by atoms with Crippen molar-refractivity contribution < 1.29 is 17.9 Å². The second-order valence-corrected chi connectivity index (χ2v) is 6.76. The summed E-state index contributed by atoms with van der Waals surface area (Å²) in [7, 11) is -0.433. The number of nitrogens with one attached hydrogen (secondary N) is 1. The molecule has 0 aliphatic carbocycles. The Bertz CT molecular complexity index is 785. The van der Waals surface area contributed by atoms with E-state index in [9.17, 15) is 8.42 Å². The van der Waals surface area contributed by atoms with Crippen LogP contribution in [0.25, 0.3) is 0 Å². The van der Waals surface area contributed by atoms with Gasteiger partial charge in [0.2, 0.25) is 0 Å². The van der Waals surface area contributed by atoms with Crippen LogP contribution in [0.4, 0.5) is 0 Å². The van der Waals surface area contributed by atoms with Gasteiger partial charge >= 0.3 is 0 Å². The highest BCUT2D eigenvalue weighted by atomic mass is 32.2. The quantitative estimate of drug-likeness (QED) is 0.896. The van der Waals surface area contributed by atoms with E-state index in [1.54, 1.807) is 20.2 Å². The summed E-state index contributed by atoms with van der Waals surface area (Å²) in [6.45, 7) is 0.275. The standard InChI is InChI=1S/C14H17N3O4S/c1-17-14(5-6-15-17)22(18,19)16-11-7-10-3-4-12(20-2)8-13(10)21-9-11/h3-6,8,11,16H,7,9H2,1-2H3/t11-/m0/s1. The van der Waals surface area contributed by atoms with Crippen molar-refractivity contribution in [1.82, 2.24) is 14.5 Å². The van der Waals surface area contributed by atoms with Crippen LogP contribution in [-0.4, -0.2) is 38.0 Å². The van der Waals surface area contributed by atoms with Crippen LogP contribution in [0.1, 0.15) is 5.56 Å². The number of nitrogens with zero attached hydrogens (tertiary/aromatic N) is 2. The van der Waals surface area contributed by atoms with Gasteiger partial charge in [-0.2, -0.15) is 5.10 Å². The van der Waals surface area contributed by atoms with Crippen LogP contribution >= 0.6 is 0 Å². The summed E-state index contributed by atoms with van der Waals surface area (Å²) < 4.78 is 39.5. The molecule has 1 aromatic heterocycles. The molecule has 3 rings (SSSR count). The molecule has 1 atom stereocenters. The number of methoxy groups -OCH3 is 1. The van der Waals surface area contributed by atoms with Crippen LogP contribution in [0.5, 0.6) is 11.5 Å². The van der Waals surface area contributed by atoms with Gasteiger partial charge in [0, 0.05) is 13.1 Å². The average Bonchev–Trinajstić information content (AvgIpc) is 2.93. The highest BCUT2D eigenvalue weighted by molar-refractivity contribution is 7.89. The number of hydrogen-bond donors (Lipinski definition) is 1. The predicted octanol–water partition coefficient (Wildman–Crippen LogP) is 0.711. The molecular weight excluding hydrogens is 306 g/mol. The van der Waals surface area contributed by atoms with Gasteiger partial charge in [-0.05, 0) is 24.1 Å². The van der Waals surface area contributed by atoms with E-state index in [1.165, 1.54) is 16.9 Å². The number of fused-ring (bicyclic) bond motifs is 1. The number of ether oxygens (including phenoxy) is 2. The van der Waals surface area contributed by atoms with Crippen LogP contribution in [0.2, 0.25) is 0 Å². The van der Waals surface area contributed by atoms with E-state index in [0.29, 0.717) is 12.2 Å². The van der Waals surface area contributed by atoms with Crippen molar-refractivity contribution in [3.63, 3.8) is 0 Å². The summed E-state index contributed by atoms with van der Waals surface area (Å²) in [4.78, 5) is 0. The van der Waals surface area contributed by atoms with Crippen molar-refractivity contribution in [3.8, 4) is 11.5 Å². The minimum atomic E-state index is -3.62. The lowest BCUT2D eigenvalue weighted by Crippen LogP contribution is -2.43. The predicted molar refractivity (Wildman–Crippen MR) is 79.5 cm³/mol. The lowest BCUT2D eigenvalue weighted by molar-refractivity contribution is 0.252. The third-order valence-corrected chi connectivity index (χ3v) is 5.15. The molecule has 1 aliphatic heterocycles. The van der Waals surface area contributed by atoms with Gasteiger partial charge in [0.15, 0.2) is 5.03 Å². The zero-order valence-electron chi connectivity index (χ0n) is 12.3. The van der Waals surface area contributed by atoms with Crippen molar-refractivity contribution in [3.05, 3.63) is 36.0 Å². The third-order valence-electron chi connectivity index (χ3n) is 3.55. The van der Waals surface area contributed by atoms with Gasteiger partial charge in [-0.1, -0.05) is 6.07 Å². The average molecular weight is 323 g/mol. The molecular formula is C14H17N3O4S. The number of sulfonamides is 1. The van der Waals surface area contributed by atoms with Gasteiger partial charge in [-0.15, -0.1) is 0 Å². The van der Waals surface area contributed by atoms with Crippen LogP contribution in [0, 0.1) is 0 Å². The van der Waals surface area contributed by atoms with Crippen LogP contribution in [0.15, 0.2) is 35.5 Å². The Labute approximate surface area is 128 Å². The molecule has 8 heteroatoms. The minimum Gasteiger partial charge on any atom is -0.497 e. The maximum Gasteiger partial charge on any atom is 0.258 e. The summed E-state index contributed by atoms with van der Waals surface area (Å²) in [5.41, 5.74) is 0.949. The van der Waals surface area contributed by atoms with Gasteiger partial charge in [-0.25, -0.2) is 13.1 Å². The zero-order chi connectivity index (χ0) is 15.7. The maximum absolute atomic E-state index is 12.3. The Morgan fingerprint density at radius 3 is 2.91 bits per heavy atom. The molecule has 0 bridgehead atoms. The molecule has 1 aromatic carbocycles. The molecule has 0 saturated carbocycles. The summed E-state index contributed by atoms with van der Waals surface area (Å²) in [6, 6.07) is 6.67. The van der Waals surface area contributed by atoms with Crippen molar-refractivity contribution in [2.75, 3.05) is 13.7 Å². The molecule has 0 fully saturated rings. The molecule has 7 nitrogen and oxygen atoms in total. The van der Waals surface area contributed by atoms with Crippen molar-refractivity contribution in [2.45, 2.75) is 17.5 Å². The molecule has 118 valence electrons. The Morgan fingerprint density at radius 2 is 2.23 bits per heavy atom. The van der Waals surface area contributed by atoms with Gasteiger partial charge in [-0.3, -0.25) is 4.68 Å². The molecule has 0 amide bonds.